The van der Waals surface area contributed by atoms with E-state index in [0.29, 0.717) is 5.56 Å². The second kappa shape index (κ2) is 6.67. The van der Waals surface area contributed by atoms with Gasteiger partial charge in [0.25, 0.3) is 0 Å². The van der Waals surface area contributed by atoms with Gasteiger partial charge in [-0.25, -0.2) is 4.39 Å². The minimum Gasteiger partial charge on any atom is -0.388 e. The number of halogens is 1. The summed E-state index contributed by atoms with van der Waals surface area (Å²) in [6.45, 7) is 4.19. The zero-order chi connectivity index (χ0) is 14.5. The van der Waals surface area contributed by atoms with Gasteiger partial charge in [0.2, 0.25) is 0 Å². The lowest BCUT2D eigenvalue weighted by atomic mass is 9.79. The lowest BCUT2D eigenvalue weighted by Crippen LogP contribution is -2.19. The summed E-state index contributed by atoms with van der Waals surface area (Å²) in [5.74, 6) is -0.172. The van der Waals surface area contributed by atoms with Crippen molar-refractivity contribution in [3.8, 4) is 0 Å². The average Bonchev–Trinajstić information content (AvgIpc) is 2.48. The van der Waals surface area contributed by atoms with Crippen molar-refractivity contribution in [2.45, 2.75) is 32.3 Å². The van der Waals surface area contributed by atoms with Gasteiger partial charge < -0.3 is 5.11 Å². The van der Waals surface area contributed by atoms with Gasteiger partial charge >= 0.3 is 0 Å². The summed E-state index contributed by atoms with van der Waals surface area (Å²) in [5, 5.41) is 10.7. The van der Waals surface area contributed by atoms with Crippen molar-refractivity contribution in [1.82, 2.24) is 0 Å². The van der Waals surface area contributed by atoms with Gasteiger partial charge in [-0.15, -0.1) is 0 Å². The topological polar surface area (TPSA) is 20.2 Å². The van der Waals surface area contributed by atoms with Crippen LogP contribution < -0.4 is 0 Å². The summed E-state index contributed by atoms with van der Waals surface area (Å²) in [6.07, 6.45) is 0.110. The molecular formula is C18H21FO. The highest BCUT2D eigenvalue weighted by molar-refractivity contribution is 5.28. The molecule has 1 N–H and O–H groups in total. The van der Waals surface area contributed by atoms with Crippen LogP contribution in [0.1, 0.15) is 43.4 Å². The Morgan fingerprint density at radius 3 is 2.20 bits per heavy atom. The number of aliphatic hydroxyl groups excluding tert-OH is 1. The van der Waals surface area contributed by atoms with E-state index in [1.807, 2.05) is 30.3 Å². The second-order valence-electron chi connectivity index (χ2n) is 5.29. The zero-order valence-corrected chi connectivity index (χ0v) is 12.0. The van der Waals surface area contributed by atoms with Gasteiger partial charge in [-0.05, 0) is 17.5 Å². The minimum atomic E-state index is -0.825. The Labute approximate surface area is 120 Å². The van der Waals surface area contributed by atoms with Crippen molar-refractivity contribution in [1.29, 1.82) is 0 Å². The van der Waals surface area contributed by atoms with E-state index in [-0.39, 0.29) is 17.7 Å². The van der Waals surface area contributed by atoms with Crippen LogP contribution in [0.3, 0.4) is 0 Å². The fraction of sp³-hybridized carbons (Fsp3) is 0.333. The van der Waals surface area contributed by atoms with Crippen LogP contribution in [0.15, 0.2) is 54.6 Å². The van der Waals surface area contributed by atoms with Crippen LogP contribution in [0, 0.1) is 11.7 Å². The van der Waals surface area contributed by atoms with Crippen molar-refractivity contribution in [2.24, 2.45) is 5.92 Å². The predicted octanol–water partition coefficient (Wildman–Crippen LogP) is 4.69. The predicted molar refractivity (Wildman–Crippen MR) is 80.0 cm³/mol. The molecule has 1 nitrogen and oxygen atoms in total. The van der Waals surface area contributed by atoms with Crippen molar-refractivity contribution in [3.05, 3.63) is 71.5 Å². The molecule has 3 unspecified atom stereocenters. The Morgan fingerprint density at radius 2 is 1.60 bits per heavy atom. The number of aliphatic hydroxyl groups is 1. The lowest BCUT2D eigenvalue weighted by Gasteiger charge is -2.29. The highest BCUT2D eigenvalue weighted by Crippen LogP contribution is 2.38. The van der Waals surface area contributed by atoms with Gasteiger partial charge in [0, 0.05) is 11.5 Å². The summed E-state index contributed by atoms with van der Waals surface area (Å²) in [6, 6.07) is 16.3. The molecule has 20 heavy (non-hydrogen) atoms. The Morgan fingerprint density at radius 1 is 1.00 bits per heavy atom. The third-order valence-electron chi connectivity index (χ3n) is 4.01. The molecule has 0 radical (unpaired) electrons. The maximum atomic E-state index is 13.9. The van der Waals surface area contributed by atoms with Gasteiger partial charge in [0.1, 0.15) is 5.82 Å². The van der Waals surface area contributed by atoms with Crippen LogP contribution in [-0.2, 0) is 0 Å². The van der Waals surface area contributed by atoms with Crippen LogP contribution in [0.2, 0.25) is 0 Å². The molecule has 2 heteroatoms. The average molecular weight is 272 g/mol. The molecule has 0 aliphatic heterocycles. The van der Waals surface area contributed by atoms with E-state index in [1.165, 1.54) is 6.07 Å². The fourth-order valence-corrected chi connectivity index (χ4v) is 2.66. The molecule has 0 aromatic heterocycles. The Bertz CT molecular complexity index is 538. The SMILES string of the molecule is CCC(C)C(c1ccccc1)C(O)c1ccccc1F. The van der Waals surface area contributed by atoms with Gasteiger partial charge in [0.15, 0.2) is 0 Å². The molecule has 0 aliphatic rings. The normalized spacial score (nSPS) is 15.6. The fourth-order valence-electron chi connectivity index (χ4n) is 2.66. The van der Waals surface area contributed by atoms with Crippen molar-refractivity contribution in [3.63, 3.8) is 0 Å². The van der Waals surface area contributed by atoms with E-state index < -0.39 is 6.10 Å². The summed E-state index contributed by atoms with van der Waals surface area (Å²) in [5.41, 5.74) is 1.43. The van der Waals surface area contributed by atoms with E-state index in [2.05, 4.69) is 13.8 Å². The van der Waals surface area contributed by atoms with Crippen LogP contribution in [0.5, 0.6) is 0 Å². The number of benzene rings is 2. The summed E-state index contributed by atoms with van der Waals surface area (Å²) in [4.78, 5) is 0. The molecule has 2 rings (SSSR count). The minimum absolute atomic E-state index is 0.0990. The summed E-state index contributed by atoms with van der Waals surface area (Å²) >= 11 is 0. The molecule has 0 amide bonds. The maximum absolute atomic E-state index is 13.9. The van der Waals surface area contributed by atoms with Gasteiger partial charge in [-0.2, -0.15) is 0 Å². The van der Waals surface area contributed by atoms with Crippen LogP contribution in [-0.4, -0.2) is 5.11 Å². The lowest BCUT2D eigenvalue weighted by molar-refractivity contribution is 0.114. The monoisotopic (exact) mass is 272 g/mol. The molecule has 0 heterocycles. The van der Waals surface area contributed by atoms with Gasteiger partial charge in [0.05, 0.1) is 6.10 Å². The molecule has 2 aromatic rings. The van der Waals surface area contributed by atoms with Crippen molar-refractivity contribution < 1.29 is 9.50 Å². The van der Waals surface area contributed by atoms with E-state index in [9.17, 15) is 9.50 Å². The first kappa shape index (κ1) is 14.7. The molecule has 0 spiro atoms. The second-order valence-corrected chi connectivity index (χ2v) is 5.29. The molecule has 0 bridgehead atoms. The molecule has 0 saturated carbocycles. The Hall–Kier alpha value is -1.67. The highest BCUT2D eigenvalue weighted by Gasteiger charge is 2.28. The van der Waals surface area contributed by atoms with Crippen LogP contribution in [0.25, 0.3) is 0 Å². The van der Waals surface area contributed by atoms with E-state index >= 15 is 0 Å². The smallest absolute Gasteiger partial charge is 0.129 e. The largest absolute Gasteiger partial charge is 0.388 e. The molecular weight excluding hydrogens is 251 g/mol. The summed E-state index contributed by atoms with van der Waals surface area (Å²) in [7, 11) is 0. The number of rotatable bonds is 5. The zero-order valence-electron chi connectivity index (χ0n) is 12.0. The first-order chi connectivity index (χ1) is 9.65. The van der Waals surface area contributed by atoms with Crippen molar-refractivity contribution >= 4 is 0 Å². The first-order valence-electron chi connectivity index (χ1n) is 7.12. The molecule has 3 atom stereocenters. The quantitative estimate of drug-likeness (QED) is 0.837. The molecule has 0 saturated heterocycles. The molecule has 0 aliphatic carbocycles. The van der Waals surface area contributed by atoms with Gasteiger partial charge in [-0.1, -0.05) is 68.8 Å². The van der Waals surface area contributed by atoms with E-state index in [0.717, 1.165) is 12.0 Å². The molecule has 2 aromatic carbocycles. The van der Waals surface area contributed by atoms with E-state index in [1.54, 1.807) is 18.2 Å². The Kier molecular flexibility index (Phi) is 4.91. The van der Waals surface area contributed by atoms with Crippen LogP contribution >= 0.6 is 0 Å². The van der Waals surface area contributed by atoms with E-state index in [4.69, 9.17) is 0 Å². The standard InChI is InChI=1S/C18H21FO/c1-3-13(2)17(14-9-5-4-6-10-14)18(20)15-11-7-8-12-16(15)19/h4-13,17-18,20H,3H2,1-2H3. The third-order valence-corrected chi connectivity index (χ3v) is 4.01. The molecule has 0 fully saturated rings. The van der Waals surface area contributed by atoms with Gasteiger partial charge in [-0.3, -0.25) is 0 Å². The third kappa shape index (κ3) is 3.07. The maximum Gasteiger partial charge on any atom is 0.129 e. The number of hydrogen-bond acceptors (Lipinski definition) is 1. The molecule has 106 valence electrons. The Balaban J connectivity index is 2.40. The van der Waals surface area contributed by atoms with Crippen molar-refractivity contribution in [2.75, 3.05) is 0 Å². The first-order valence-corrected chi connectivity index (χ1v) is 7.12. The number of hydrogen-bond donors (Lipinski definition) is 1. The van der Waals surface area contributed by atoms with Crippen LogP contribution in [0.4, 0.5) is 4.39 Å². The highest BCUT2D eigenvalue weighted by atomic mass is 19.1. The summed E-state index contributed by atoms with van der Waals surface area (Å²) < 4.78 is 13.9.